The summed E-state index contributed by atoms with van der Waals surface area (Å²) >= 11 is 0. The molecule has 1 aromatic rings. The lowest BCUT2D eigenvalue weighted by atomic mass is 10.2. The fourth-order valence-corrected chi connectivity index (χ4v) is 0.920. The zero-order valence-corrected chi connectivity index (χ0v) is 7.33. The number of anilines is 1. The van der Waals surface area contributed by atoms with Crippen molar-refractivity contribution in [2.45, 2.75) is 13.3 Å². The maximum Gasteiger partial charge on any atom is 0.0403 e. The molecule has 64 valence electrons. The molecule has 0 aliphatic rings. The molecule has 2 heteroatoms. The monoisotopic (exact) mass is 162 g/mol. The van der Waals surface area contributed by atoms with Crippen LogP contribution < -0.4 is 5.73 Å². The van der Waals surface area contributed by atoms with E-state index < -0.39 is 0 Å². The van der Waals surface area contributed by atoms with Gasteiger partial charge in [-0.1, -0.05) is 25.1 Å². The van der Waals surface area contributed by atoms with Gasteiger partial charge in [-0.3, -0.25) is 4.99 Å². The molecule has 2 N–H and O–H groups in total. The molecule has 0 spiro atoms. The predicted octanol–water partition coefficient (Wildman–Crippen LogP) is 2.10. The Morgan fingerprint density at radius 1 is 1.42 bits per heavy atom. The Kier molecular flexibility index (Phi) is 3.33. The lowest BCUT2D eigenvalue weighted by Crippen LogP contribution is -1.92. The number of benzene rings is 1. The maximum atomic E-state index is 5.71. The Morgan fingerprint density at radius 3 is 2.83 bits per heavy atom. The first-order valence-electron chi connectivity index (χ1n) is 4.19. The molecule has 0 aliphatic carbocycles. The van der Waals surface area contributed by atoms with Crippen LogP contribution in [0, 0.1) is 0 Å². The number of nitrogens with zero attached hydrogens (tertiary/aromatic N) is 1. The van der Waals surface area contributed by atoms with Crippen molar-refractivity contribution in [1.82, 2.24) is 0 Å². The lowest BCUT2D eigenvalue weighted by Gasteiger charge is -1.96. The third-order valence-corrected chi connectivity index (χ3v) is 1.58. The van der Waals surface area contributed by atoms with Gasteiger partial charge in [-0.25, -0.2) is 0 Å². The summed E-state index contributed by atoms with van der Waals surface area (Å²) in [6.07, 6.45) is 2.90. The summed E-state index contributed by atoms with van der Waals surface area (Å²) in [4.78, 5) is 4.22. The van der Waals surface area contributed by atoms with Crippen LogP contribution in [0.4, 0.5) is 5.69 Å². The molecule has 0 aromatic heterocycles. The van der Waals surface area contributed by atoms with Crippen LogP contribution in [0.15, 0.2) is 29.3 Å². The van der Waals surface area contributed by atoms with E-state index in [2.05, 4.69) is 11.9 Å². The van der Waals surface area contributed by atoms with Crippen molar-refractivity contribution in [3.8, 4) is 0 Å². The van der Waals surface area contributed by atoms with Gasteiger partial charge in [0.15, 0.2) is 0 Å². The molecular formula is C10H14N2. The second-order valence-electron chi connectivity index (χ2n) is 2.66. The minimum atomic E-state index is 0.789. The Hall–Kier alpha value is -1.31. The normalized spacial score (nSPS) is 10.8. The molecule has 1 rings (SSSR count). The van der Waals surface area contributed by atoms with Crippen LogP contribution in [0.2, 0.25) is 0 Å². The number of nitrogen functional groups attached to an aromatic ring is 1. The van der Waals surface area contributed by atoms with E-state index in [-0.39, 0.29) is 0 Å². The second-order valence-corrected chi connectivity index (χ2v) is 2.66. The summed E-state index contributed by atoms with van der Waals surface area (Å²) in [7, 11) is 0. The van der Waals surface area contributed by atoms with Gasteiger partial charge in [0.2, 0.25) is 0 Å². The van der Waals surface area contributed by atoms with Crippen LogP contribution in [0.25, 0.3) is 0 Å². The summed E-state index contributed by atoms with van der Waals surface area (Å²) in [5, 5.41) is 0. The molecule has 0 unspecified atom stereocenters. The SMILES string of the molecule is CCCN=Cc1ccccc1N. The summed E-state index contributed by atoms with van der Waals surface area (Å²) < 4.78 is 0. The van der Waals surface area contributed by atoms with E-state index in [0.717, 1.165) is 24.2 Å². The molecule has 0 saturated heterocycles. The third-order valence-electron chi connectivity index (χ3n) is 1.58. The Bertz CT molecular complexity index is 266. The number of aliphatic imine (C=N–C) groups is 1. The predicted molar refractivity (Wildman–Crippen MR) is 53.6 cm³/mol. The van der Waals surface area contributed by atoms with Crippen molar-refractivity contribution in [3.05, 3.63) is 29.8 Å². The molecule has 0 amide bonds. The smallest absolute Gasteiger partial charge is 0.0403 e. The average molecular weight is 162 g/mol. The number of hydrogen-bond donors (Lipinski definition) is 1. The second kappa shape index (κ2) is 4.54. The van der Waals surface area contributed by atoms with Crippen LogP contribution >= 0.6 is 0 Å². The van der Waals surface area contributed by atoms with Crippen molar-refractivity contribution in [2.75, 3.05) is 12.3 Å². The van der Waals surface area contributed by atoms with Gasteiger partial charge in [0.1, 0.15) is 0 Å². The van der Waals surface area contributed by atoms with Gasteiger partial charge in [-0.15, -0.1) is 0 Å². The fourth-order valence-electron chi connectivity index (χ4n) is 0.920. The summed E-state index contributed by atoms with van der Waals surface area (Å²) in [6, 6.07) is 7.73. The molecule has 2 nitrogen and oxygen atoms in total. The first-order chi connectivity index (χ1) is 5.84. The number of hydrogen-bond acceptors (Lipinski definition) is 2. The molecule has 0 radical (unpaired) electrons. The molecule has 0 atom stereocenters. The molecule has 1 aromatic carbocycles. The highest BCUT2D eigenvalue weighted by Gasteiger charge is 1.90. The topological polar surface area (TPSA) is 38.4 Å². The van der Waals surface area contributed by atoms with Crippen molar-refractivity contribution in [3.63, 3.8) is 0 Å². The van der Waals surface area contributed by atoms with Crippen LogP contribution in [-0.2, 0) is 0 Å². The third kappa shape index (κ3) is 2.38. The first-order valence-corrected chi connectivity index (χ1v) is 4.19. The van der Waals surface area contributed by atoms with E-state index in [4.69, 9.17) is 5.73 Å². The van der Waals surface area contributed by atoms with Crippen molar-refractivity contribution >= 4 is 11.9 Å². The maximum absolute atomic E-state index is 5.71. The van der Waals surface area contributed by atoms with Crippen molar-refractivity contribution < 1.29 is 0 Å². The number of nitrogens with two attached hydrogens (primary N) is 1. The summed E-state index contributed by atoms with van der Waals surface area (Å²) in [6.45, 7) is 2.97. The van der Waals surface area contributed by atoms with Gasteiger partial charge < -0.3 is 5.73 Å². The minimum Gasteiger partial charge on any atom is -0.398 e. The fraction of sp³-hybridized carbons (Fsp3) is 0.300. The van der Waals surface area contributed by atoms with E-state index in [1.165, 1.54) is 0 Å². The van der Waals surface area contributed by atoms with Crippen molar-refractivity contribution in [1.29, 1.82) is 0 Å². The standard InChI is InChI=1S/C10H14N2/c1-2-7-12-8-9-5-3-4-6-10(9)11/h3-6,8H,2,7,11H2,1H3. The van der Waals surface area contributed by atoms with Gasteiger partial charge in [0.25, 0.3) is 0 Å². The van der Waals surface area contributed by atoms with Gasteiger partial charge >= 0.3 is 0 Å². The van der Waals surface area contributed by atoms with E-state index in [0.29, 0.717) is 0 Å². The Labute approximate surface area is 73.1 Å². The molecule has 0 bridgehead atoms. The highest BCUT2D eigenvalue weighted by atomic mass is 14.7. The van der Waals surface area contributed by atoms with Gasteiger partial charge in [0.05, 0.1) is 0 Å². The number of para-hydroxylation sites is 1. The molecular weight excluding hydrogens is 148 g/mol. The molecule has 0 fully saturated rings. The molecule has 12 heavy (non-hydrogen) atoms. The summed E-state index contributed by atoms with van der Waals surface area (Å²) in [5.74, 6) is 0. The summed E-state index contributed by atoms with van der Waals surface area (Å²) in [5.41, 5.74) is 7.51. The highest BCUT2D eigenvalue weighted by molar-refractivity contribution is 5.86. The lowest BCUT2D eigenvalue weighted by molar-refractivity contribution is 0.937. The van der Waals surface area contributed by atoms with E-state index in [9.17, 15) is 0 Å². The van der Waals surface area contributed by atoms with Gasteiger partial charge in [-0.2, -0.15) is 0 Å². The molecule has 0 saturated carbocycles. The van der Waals surface area contributed by atoms with Crippen LogP contribution in [-0.4, -0.2) is 12.8 Å². The van der Waals surface area contributed by atoms with E-state index >= 15 is 0 Å². The van der Waals surface area contributed by atoms with Crippen LogP contribution in [0.3, 0.4) is 0 Å². The Morgan fingerprint density at radius 2 is 2.17 bits per heavy atom. The Balaban J connectivity index is 2.68. The average Bonchev–Trinajstić information content (AvgIpc) is 2.09. The highest BCUT2D eigenvalue weighted by Crippen LogP contribution is 2.06. The molecule has 0 aliphatic heterocycles. The van der Waals surface area contributed by atoms with Gasteiger partial charge in [0, 0.05) is 24.0 Å². The van der Waals surface area contributed by atoms with E-state index in [1.807, 2.05) is 30.5 Å². The largest absolute Gasteiger partial charge is 0.398 e. The van der Waals surface area contributed by atoms with Crippen LogP contribution in [0.1, 0.15) is 18.9 Å². The van der Waals surface area contributed by atoms with Crippen LogP contribution in [0.5, 0.6) is 0 Å². The first kappa shape index (κ1) is 8.78. The quantitative estimate of drug-likeness (QED) is 0.536. The van der Waals surface area contributed by atoms with E-state index in [1.54, 1.807) is 0 Å². The minimum absolute atomic E-state index is 0.789. The zero-order chi connectivity index (χ0) is 8.81. The molecule has 0 heterocycles. The van der Waals surface area contributed by atoms with Crippen molar-refractivity contribution in [2.24, 2.45) is 4.99 Å². The number of rotatable bonds is 3. The zero-order valence-electron chi connectivity index (χ0n) is 7.33. The van der Waals surface area contributed by atoms with Gasteiger partial charge in [-0.05, 0) is 12.5 Å².